The van der Waals surface area contributed by atoms with Crippen molar-refractivity contribution in [3.63, 3.8) is 0 Å². The highest BCUT2D eigenvalue weighted by Gasteiger charge is 2.23. The summed E-state index contributed by atoms with van der Waals surface area (Å²) in [7, 11) is 3.20. The Balaban J connectivity index is 1.69. The molecule has 0 aliphatic rings. The average Bonchev–Trinajstić information content (AvgIpc) is 3.14. The molecule has 2 N–H and O–H groups in total. The quantitative estimate of drug-likeness (QED) is 0.330. The second kappa shape index (κ2) is 10.2. The van der Waals surface area contributed by atoms with Crippen LogP contribution in [0.15, 0.2) is 60.7 Å². The topological polar surface area (TPSA) is 72.7 Å². The first-order valence-corrected chi connectivity index (χ1v) is 11.0. The van der Waals surface area contributed by atoms with Gasteiger partial charge in [-0.25, -0.2) is 9.18 Å². The highest BCUT2D eigenvalue weighted by atomic mass is 35.5. The smallest absolute Gasteiger partial charge is 0.352 e. The highest BCUT2D eigenvalue weighted by molar-refractivity contribution is 6.31. The van der Waals surface area contributed by atoms with Gasteiger partial charge in [0.1, 0.15) is 23.0 Å². The van der Waals surface area contributed by atoms with Crippen LogP contribution in [0.3, 0.4) is 0 Å². The minimum Gasteiger partial charge on any atom is -0.497 e. The number of nitrogens with zero attached hydrogens (tertiary/aromatic N) is 1. The Morgan fingerprint density at radius 1 is 1.03 bits per heavy atom. The number of halogens is 2. The fraction of sp³-hybridized carbons (Fsp3) is 0.192. The molecule has 1 heterocycles. The second-order valence-electron chi connectivity index (χ2n) is 7.75. The number of carboxylic acids is 1. The van der Waals surface area contributed by atoms with Crippen molar-refractivity contribution in [1.82, 2.24) is 9.88 Å². The predicted octanol–water partition coefficient (Wildman–Crippen LogP) is 5.49. The lowest BCUT2D eigenvalue weighted by molar-refractivity contribution is 0.0684. The van der Waals surface area contributed by atoms with Crippen LogP contribution in [0.5, 0.6) is 11.5 Å². The van der Waals surface area contributed by atoms with Crippen LogP contribution in [-0.4, -0.2) is 29.9 Å². The zero-order valence-corrected chi connectivity index (χ0v) is 19.5. The molecule has 34 heavy (non-hydrogen) atoms. The van der Waals surface area contributed by atoms with Crippen LogP contribution >= 0.6 is 11.6 Å². The molecule has 0 bridgehead atoms. The Kier molecular flexibility index (Phi) is 7.05. The molecule has 0 unspecified atom stereocenters. The number of carboxylic acid groups (broad SMARTS) is 1. The molecule has 0 aliphatic carbocycles. The van der Waals surface area contributed by atoms with Crippen LogP contribution in [0.25, 0.3) is 10.9 Å². The summed E-state index contributed by atoms with van der Waals surface area (Å²) in [5, 5.41) is 14.5. The van der Waals surface area contributed by atoms with Gasteiger partial charge in [-0.2, -0.15) is 0 Å². The minimum atomic E-state index is -1.05. The number of nitrogens with one attached hydrogen (secondary N) is 1. The normalized spacial score (nSPS) is 11.1. The number of methoxy groups -OCH3 is 2. The standard InChI is InChI=1S/C26H24ClFN2O4/c1-33-19-9-10-24(34-2)17(11-19)13-29-14-21-20-5-3-4-6-23(20)30(25(21)26(31)32)15-16-7-8-18(28)12-22(16)27/h3-12,29H,13-15H2,1-2H3,(H,31,32). The number of carbonyl (C=O) groups is 1. The Labute approximate surface area is 201 Å². The molecular weight excluding hydrogens is 459 g/mol. The molecule has 1 aromatic heterocycles. The van der Waals surface area contributed by atoms with Gasteiger partial charge in [-0.05, 0) is 42.0 Å². The molecule has 176 valence electrons. The first kappa shape index (κ1) is 23.6. The maximum absolute atomic E-state index is 13.5. The molecule has 0 saturated carbocycles. The second-order valence-corrected chi connectivity index (χ2v) is 8.16. The molecule has 4 rings (SSSR count). The van der Waals surface area contributed by atoms with Gasteiger partial charge in [-0.15, -0.1) is 0 Å². The van der Waals surface area contributed by atoms with Gasteiger partial charge in [0.15, 0.2) is 0 Å². The highest BCUT2D eigenvalue weighted by Crippen LogP contribution is 2.30. The maximum Gasteiger partial charge on any atom is 0.352 e. The molecule has 6 nitrogen and oxygen atoms in total. The fourth-order valence-corrected chi connectivity index (χ4v) is 4.35. The number of ether oxygens (including phenoxy) is 2. The van der Waals surface area contributed by atoms with Crippen LogP contribution < -0.4 is 14.8 Å². The molecule has 4 aromatic rings. The monoisotopic (exact) mass is 482 g/mol. The van der Waals surface area contributed by atoms with Crippen LogP contribution in [-0.2, 0) is 19.6 Å². The Bertz CT molecular complexity index is 1350. The summed E-state index contributed by atoms with van der Waals surface area (Å²) in [5.41, 5.74) is 3.10. The maximum atomic E-state index is 13.5. The summed E-state index contributed by atoms with van der Waals surface area (Å²) in [4.78, 5) is 12.4. The minimum absolute atomic E-state index is 0.159. The number of benzene rings is 3. The van der Waals surface area contributed by atoms with Crippen LogP contribution in [0.1, 0.15) is 27.2 Å². The van der Waals surface area contributed by atoms with E-state index in [4.69, 9.17) is 21.1 Å². The molecular formula is C26H24ClFN2O4. The van der Waals surface area contributed by atoms with Crippen molar-refractivity contribution in [3.05, 3.63) is 93.9 Å². The van der Waals surface area contributed by atoms with E-state index in [1.54, 1.807) is 24.9 Å². The van der Waals surface area contributed by atoms with E-state index in [1.807, 2.05) is 42.5 Å². The third-order valence-electron chi connectivity index (χ3n) is 5.73. The van der Waals surface area contributed by atoms with Crippen LogP contribution in [0.4, 0.5) is 4.39 Å². The van der Waals surface area contributed by atoms with Crippen molar-refractivity contribution in [1.29, 1.82) is 0 Å². The fourth-order valence-electron chi connectivity index (χ4n) is 4.13. The Hall–Kier alpha value is -3.55. The van der Waals surface area contributed by atoms with Crippen molar-refractivity contribution in [3.8, 4) is 11.5 Å². The van der Waals surface area contributed by atoms with Gasteiger partial charge in [0.2, 0.25) is 0 Å². The number of hydrogen-bond acceptors (Lipinski definition) is 4. The predicted molar refractivity (Wildman–Crippen MR) is 129 cm³/mol. The number of fused-ring (bicyclic) bond motifs is 1. The number of hydrogen-bond donors (Lipinski definition) is 2. The van der Waals surface area contributed by atoms with Crippen LogP contribution in [0.2, 0.25) is 5.02 Å². The molecule has 0 amide bonds. The zero-order valence-electron chi connectivity index (χ0n) is 18.8. The van der Waals surface area contributed by atoms with E-state index in [-0.39, 0.29) is 17.3 Å². The first-order chi connectivity index (χ1) is 16.4. The molecule has 3 aromatic carbocycles. The van der Waals surface area contributed by atoms with Crippen molar-refractivity contribution < 1.29 is 23.8 Å². The van der Waals surface area contributed by atoms with Crippen molar-refractivity contribution >= 4 is 28.5 Å². The van der Waals surface area contributed by atoms with Gasteiger partial charge >= 0.3 is 5.97 Å². The van der Waals surface area contributed by atoms with Gasteiger partial charge in [-0.3, -0.25) is 0 Å². The number of aromatic carboxylic acids is 1. The third-order valence-corrected chi connectivity index (χ3v) is 6.08. The van der Waals surface area contributed by atoms with Crippen molar-refractivity contribution in [2.24, 2.45) is 0 Å². The van der Waals surface area contributed by atoms with Crippen molar-refractivity contribution in [2.45, 2.75) is 19.6 Å². The Morgan fingerprint density at radius 3 is 2.53 bits per heavy atom. The molecule has 0 aliphatic heterocycles. The third kappa shape index (κ3) is 4.71. The lowest BCUT2D eigenvalue weighted by Gasteiger charge is -2.13. The van der Waals surface area contributed by atoms with E-state index in [9.17, 15) is 14.3 Å². The molecule has 8 heteroatoms. The summed E-state index contributed by atoms with van der Waals surface area (Å²) in [6.45, 7) is 0.959. The van der Waals surface area contributed by atoms with E-state index in [0.29, 0.717) is 35.7 Å². The van der Waals surface area contributed by atoms with E-state index in [0.717, 1.165) is 16.5 Å². The summed E-state index contributed by atoms with van der Waals surface area (Å²) in [6.07, 6.45) is 0. The summed E-state index contributed by atoms with van der Waals surface area (Å²) < 4.78 is 26.0. The largest absolute Gasteiger partial charge is 0.497 e. The Morgan fingerprint density at radius 2 is 1.82 bits per heavy atom. The SMILES string of the molecule is COc1ccc(OC)c(CNCc2c(C(=O)O)n(Cc3ccc(F)cc3Cl)c3ccccc23)c1. The van der Waals surface area contributed by atoms with Gasteiger partial charge in [0.25, 0.3) is 0 Å². The van der Waals surface area contributed by atoms with E-state index < -0.39 is 11.8 Å². The number of rotatable bonds is 9. The van der Waals surface area contributed by atoms with Gasteiger partial charge in [0.05, 0.1) is 14.2 Å². The van der Waals surface area contributed by atoms with E-state index >= 15 is 0 Å². The molecule has 0 fully saturated rings. The number of para-hydroxylation sites is 1. The number of aromatic nitrogens is 1. The molecule has 0 radical (unpaired) electrons. The average molecular weight is 483 g/mol. The lowest BCUT2D eigenvalue weighted by Crippen LogP contribution is -2.17. The van der Waals surface area contributed by atoms with E-state index in [1.165, 1.54) is 12.1 Å². The molecule has 0 saturated heterocycles. The van der Waals surface area contributed by atoms with Gasteiger partial charge < -0.3 is 24.5 Å². The molecule has 0 spiro atoms. The summed E-state index contributed by atoms with van der Waals surface area (Å²) in [6, 6.07) is 17.1. The first-order valence-electron chi connectivity index (χ1n) is 10.6. The summed E-state index contributed by atoms with van der Waals surface area (Å²) >= 11 is 6.24. The van der Waals surface area contributed by atoms with Gasteiger partial charge in [-0.1, -0.05) is 35.9 Å². The van der Waals surface area contributed by atoms with Crippen molar-refractivity contribution in [2.75, 3.05) is 14.2 Å². The van der Waals surface area contributed by atoms with Gasteiger partial charge in [0, 0.05) is 46.7 Å². The summed E-state index contributed by atoms with van der Waals surface area (Å²) in [5.74, 6) is -0.0793. The van der Waals surface area contributed by atoms with Crippen LogP contribution in [0, 0.1) is 5.82 Å². The zero-order chi connectivity index (χ0) is 24.2. The lowest BCUT2D eigenvalue weighted by atomic mass is 10.1. The molecule has 0 atom stereocenters. The van der Waals surface area contributed by atoms with E-state index in [2.05, 4.69) is 5.32 Å².